The van der Waals surface area contributed by atoms with Gasteiger partial charge in [-0.25, -0.2) is 4.79 Å². The fourth-order valence-corrected chi connectivity index (χ4v) is 2.32. The van der Waals surface area contributed by atoms with Crippen LogP contribution < -0.4 is 11.1 Å². The van der Waals surface area contributed by atoms with Crippen molar-refractivity contribution in [2.75, 3.05) is 0 Å². The summed E-state index contributed by atoms with van der Waals surface area (Å²) in [4.78, 5) is 11.0. The molecule has 2 unspecified atom stereocenters. The Bertz CT molecular complexity index is 450. The summed E-state index contributed by atoms with van der Waals surface area (Å²) in [5, 5.41) is 11.6. The number of rotatable bonds is 5. The van der Waals surface area contributed by atoms with E-state index in [2.05, 4.69) is 32.2 Å². The van der Waals surface area contributed by atoms with Crippen LogP contribution in [0.5, 0.6) is 0 Å². The van der Waals surface area contributed by atoms with Crippen LogP contribution in [0.2, 0.25) is 0 Å². The van der Waals surface area contributed by atoms with Crippen LogP contribution in [0.3, 0.4) is 0 Å². The summed E-state index contributed by atoms with van der Waals surface area (Å²) >= 11 is 0. The van der Waals surface area contributed by atoms with Crippen LogP contribution >= 0.6 is 0 Å². The van der Waals surface area contributed by atoms with E-state index >= 15 is 0 Å². The van der Waals surface area contributed by atoms with Crippen LogP contribution in [0.1, 0.15) is 51.3 Å². The summed E-state index contributed by atoms with van der Waals surface area (Å²) in [6.45, 7) is 8.29. The molecule has 1 aromatic rings. The van der Waals surface area contributed by atoms with Gasteiger partial charge in [0.25, 0.3) is 0 Å². The Morgan fingerprint density at radius 1 is 1.40 bits per heavy atom. The number of nitrogens with one attached hydrogen (secondary N) is 1. The smallest absolute Gasteiger partial charge is 0.405 e. The Balaban J connectivity index is 2.97. The molecular formula is C16H26N2O2. The highest BCUT2D eigenvalue weighted by atomic mass is 16.4. The van der Waals surface area contributed by atoms with E-state index in [0.29, 0.717) is 0 Å². The van der Waals surface area contributed by atoms with Gasteiger partial charge in [0.1, 0.15) is 0 Å². The van der Waals surface area contributed by atoms with Crippen LogP contribution in [0, 0.1) is 5.41 Å². The molecule has 112 valence electrons. The molecule has 2 atom stereocenters. The molecule has 4 heteroatoms. The average molecular weight is 278 g/mol. The third kappa shape index (κ3) is 6.06. The standard InChI is InChI=1S/C16H26N2O2/c1-11(17)8-12-6-5-7-13(9-12)14(18-15(19)20)10-16(2,3)4/h5-7,9,11,14,18H,8,10,17H2,1-4H3,(H,19,20). The third-order valence-electron chi connectivity index (χ3n) is 3.03. The summed E-state index contributed by atoms with van der Waals surface area (Å²) in [7, 11) is 0. The number of carbonyl (C=O) groups is 1. The lowest BCUT2D eigenvalue weighted by atomic mass is 9.85. The molecule has 20 heavy (non-hydrogen) atoms. The van der Waals surface area contributed by atoms with E-state index < -0.39 is 6.09 Å². The van der Waals surface area contributed by atoms with Crippen molar-refractivity contribution < 1.29 is 9.90 Å². The summed E-state index contributed by atoms with van der Waals surface area (Å²) in [5.41, 5.74) is 8.01. The minimum Gasteiger partial charge on any atom is -0.465 e. The third-order valence-corrected chi connectivity index (χ3v) is 3.03. The Morgan fingerprint density at radius 2 is 2.05 bits per heavy atom. The van der Waals surface area contributed by atoms with E-state index in [-0.39, 0.29) is 17.5 Å². The number of hydrogen-bond donors (Lipinski definition) is 3. The van der Waals surface area contributed by atoms with E-state index in [1.165, 1.54) is 0 Å². The molecule has 1 rings (SSSR count). The maximum Gasteiger partial charge on any atom is 0.405 e. The molecule has 4 nitrogen and oxygen atoms in total. The van der Waals surface area contributed by atoms with Gasteiger partial charge in [-0.15, -0.1) is 0 Å². The highest BCUT2D eigenvalue weighted by Gasteiger charge is 2.22. The van der Waals surface area contributed by atoms with Crippen molar-refractivity contribution >= 4 is 6.09 Å². The number of amides is 1. The van der Waals surface area contributed by atoms with Crippen LogP contribution in [-0.2, 0) is 6.42 Å². The zero-order chi connectivity index (χ0) is 15.3. The Hall–Kier alpha value is -1.55. The lowest BCUT2D eigenvalue weighted by molar-refractivity contribution is 0.184. The summed E-state index contributed by atoms with van der Waals surface area (Å²) in [5.74, 6) is 0. The van der Waals surface area contributed by atoms with Crippen LogP contribution in [0.25, 0.3) is 0 Å². The molecule has 0 bridgehead atoms. The van der Waals surface area contributed by atoms with Gasteiger partial charge in [0, 0.05) is 6.04 Å². The van der Waals surface area contributed by atoms with E-state index in [1.54, 1.807) is 0 Å². The van der Waals surface area contributed by atoms with Crippen molar-refractivity contribution in [2.24, 2.45) is 11.1 Å². The fraction of sp³-hybridized carbons (Fsp3) is 0.562. The van der Waals surface area contributed by atoms with Crippen molar-refractivity contribution in [1.29, 1.82) is 0 Å². The van der Waals surface area contributed by atoms with Crippen LogP contribution in [0.15, 0.2) is 24.3 Å². The van der Waals surface area contributed by atoms with Gasteiger partial charge >= 0.3 is 6.09 Å². The van der Waals surface area contributed by atoms with E-state index in [1.807, 2.05) is 25.1 Å². The Kier molecular flexibility index (Phi) is 5.57. The second kappa shape index (κ2) is 6.75. The molecule has 4 N–H and O–H groups in total. The number of nitrogens with two attached hydrogens (primary N) is 1. The van der Waals surface area contributed by atoms with Gasteiger partial charge in [-0.05, 0) is 36.3 Å². The monoisotopic (exact) mass is 278 g/mol. The second-order valence-corrected chi connectivity index (χ2v) is 6.69. The van der Waals surface area contributed by atoms with Gasteiger partial charge < -0.3 is 16.2 Å². The van der Waals surface area contributed by atoms with Crippen molar-refractivity contribution in [2.45, 2.75) is 52.6 Å². The van der Waals surface area contributed by atoms with Crippen molar-refractivity contribution in [3.63, 3.8) is 0 Å². The molecule has 0 heterocycles. The first-order valence-corrected chi connectivity index (χ1v) is 7.01. The van der Waals surface area contributed by atoms with Gasteiger partial charge in [-0.2, -0.15) is 0 Å². The maximum atomic E-state index is 11.0. The molecule has 0 radical (unpaired) electrons. The van der Waals surface area contributed by atoms with Gasteiger partial charge in [0.05, 0.1) is 6.04 Å². The van der Waals surface area contributed by atoms with Crippen LogP contribution in [-0.4, -0.2) is 17.2 Å². The predicted molar refractivity (Wildman–Crippen MR) is 81.8 cm³/mol. The maximum absolute atomic E-state index is 11.0. The van der Waals surface area contributed by atoms with Crippen molar-refractivity contribution in [3.05, 3.63) is 35.4 Å². The first-order valence-electron chi connectivity index (χ1n) is 7.01. The topological polar surface area (TPSA) is 75.3 Å². The van der Waals surface area contributed by atoms with Gasteiger partial charge in [-0.1, -0.05) is 45.0 Å². The van der Waals surface area contributed by atoms with Crippen molar-refractivity contribution in [1.82, 2.24) is 5.32 Å². The zero-order valence-electron chi connectivity index (χ0n) is 12.8. The van der Waals surface area contributed by atoms with Crippen LogP contribution in [0.4, 0.5) is 4.79 Å². The average Bonchev–Trinajstić information content (AvgIpc) is 2.25. The molecule has 0 saturated carbocycles. The second-order valence-electron chi connectivity index (χ2n) is 6.69. The molecule has 0 aliphatic heterocycles. The highest BCUT2D eigenvalue weighted by molar-refractivity contribution is 5.65. The summed E-state index contributed by atoms with van der Waals surface area (Å²) in [6, 6.07) is 7.92. The van der Waals surface area contributed by atoms with Gasteiger partial charge in [-0.3, -0.25) is 0 Å². The lowest BCUT2D eigenvalue weighted by Crippen LogP contribution is -2.30. The predicted octanol–water partition coefficient (Wildman–Crippen LogP) is 3.32. The first kappa shape index (κ1) is 16.5. The molecule has 0 fully saturated rings. The quantitative estimate of drug-likeness (QED) is 0.773. The number of benzene rings is 1. The van der Waals surface area contributed by atoms with E-state index in [9.17, 15) is 4.79 Å². The molecule has 1 aromatic carbocycles. The molecule has 0 aliphatic carbocycles. The minimum atomic E-state index is -0.989. The molecule has 0 aromatic heterocycles. The summed E-state index contributed by atoms with van der Waals surface area (Å²) < 4.78 is 0. The highest BCUT2D eigenvalue weighted by Crippen LogP contribution is 2.29. The zero-order valence-corrected chi connectivity index (χ0v) is 12.8. The number of hydrogen-bond acceptors (Lipinski definition) is 2. The van der Waals surface area contributed by atoms with Gasteiger partial charge in [0.2, 0.25) is 0 Å². The lowest BCUT2D eigenvalue weighted by Gasteiger charge is -2.26. The largest absolute Gasteiger partial charge is 0.465 e. The molecular weight excluding hydrogens is 252 g/mol. The Labute approximate surface area is 121 Å². The minimum absolute atomic E-state index is 0.0459. The van der Waals surface area contributed by atoms with Gasteiger partial charge in [0.15, 0.2) is 0 Å². The number of carboxylic acid groups (broad SMARTS) is 1. The van der Waals surface area contributed by atoms with E-state index in [4.69, 9.17) is 10.8 Å². The summed E-state index contributed by atoms with van der Waals surface area (Å²) in [6.07, 6.45) is 0.557. The van der Waals surface area contributed by atoms with E-state index in [0.717, 1.165) is 24.0 Å². The molecule has 0 saturated heterocycles. The molecule has 0 spiro atoms. The fourth-order valence-electron chi connectivity index (χ4n) is 2.32. The normalized spacial score (nSPS) is 14.7. The molecule has 0 aliphatic rings. The van der Waals surface area contributed by atoms with Crippen molar-refractivity contribution in [3.8, 4) is 0 Å². The Morgan fingerprint density at radius 3 is 2.55 bits per heavy atom. The molecule has 1 amide bonds. The SMILES string of the molecule is CC(N)Cc1cccc(C(CC(C)(C)C)NC(=O)O)c1. The first-order chi connectivity index (χ1) is 9.17.